The normalized spacial score (nSPS) is 11.0. The average Bonchev–Trinajstić information content (AvgIpc) is 3.28. The quantitative estimate of drug-likeness (QED) is 0.384. The molecule has 1 N–H and O–H groups in total. The molecule has 4 aromatic rings. The molecule has 152 valence electrons. The number of rotatable bonds is 5. The average molecular weight is 411 g/mol. The van der Waals surface area contributed by atoms with Crippen LogP contribution in [0.2, 0.25) is 0 Å². The zero-order chi connectivity index (χ0) is 21.6. The predicted molar refractivity (Wildman–Crippen MR) is 104 cm³/mol. The molecule has 0 spiro atoms. The molecule has 0 aliphatic heterocycles. The van der Waals surface area contributed by atoms with Gasteiger partial charge in [0.05, 0.1) is 27.3 Å². The maximum Gasteiger partial charge on any atom is 0.307 e. The Morgan fingerprint density at radius 3 is 2.27 bits per heavy atom. The lowest BCUT2D eigenvalue weighted by Crippen LogP contribution is -2.20. The monoisotopic (exact) mass is 411 g/mol. The summed E-state index contributed by atoms with van der Waals surface area (Å²) in [5.41, 5.74) is -1.37. The van der Waals surface area contributed by atoms with Gasteiger partial charge in [0.15, 0.2) is 11.2 Å². The van der Waals surface area contributed by atoms with Crippen molar-refractivity contribution in [3.63, 3.8) is 0 Å². The lowest BCUT2D eigenvalue weighted by molar-refractivity contribution is -0.392. The number of hydrogen-bond donors (Lipinski definition) is 1. The molecule has 2 heterocycles. The molecule has 0 saturated carbocycles. The van der Waals surface area contributed by atoms with Crippen molar-refractivity contribution in [2.24, 2.45) is 7.05 Å². The number of aromatic nitrogens is 4. The molecule has 2 aromatic carbocycles. The van der Waals surface area contributed by atoms with Crippen molar-refractivity contribution in [3.8, 4) is 5.69 Å². The standard InChI is InChI=1S/C17H13N7O6/c1-9-13(17(25)22(21(9)2)10-6-4-3-5-7-10)18-14-11(23(26)27)8-12(24(28)29)15-16(14)20-30-19-15/h3-8,18H,1-2H3. The van der Waals surface area contributed by atoms with Crippen LogP contribution in [0.15, 0.2) is 45.8 Å². The second-order valence-electron chi connectivity index (χ2n) is 6.33. The molecule has 30 heavy (non-hydrogen) atoms. The van der Waals surface area contributed by atoms with E-state index in [4.69, 9.17) is 0 Å². The van der Waals surface area contributed by atoms with Crippen molar-refractivity contribution in [1.29, 1.82) is 0 Å². The van der Waals surface area contributed by atoms with E-state index in [-0.39, 0.29) is 22.4 Å². The summed E-state index contributed by atoms with van der Waals surface area (Å²) in [6.07, 6.45) is 0. The minimum Gasteiger partial charge on any atom is -0.342 e. The highest BCUT2D eigenvalue weighted by molar-refractivity contribution is 6.00. The number of benzene rings is 2. The Kier molecular flexibility index (Phi) is 4.26. The Morgan fingerprint density at radius 1 is 1.00 bits per heavy atom. The second-order valence-corrected chi connectivity index (χ2v) is 6.33. The van der Waals surface area contributed by atoms with Gasteiger partial charge in [-0.25, -0.2) is 9.31 Å². The Morgan fingerprint density at radius 2 is 1.63 bits per heavy atom. The van der Waals surface area contributed by atoms with Gasteiger partial charge in [-0.15, -0.1) is 0 Å². The van der Waals surface area contributed by atoms with E-state index in [2.05, 4.69) is 20.3 Å². The summed E-state index contributed by atoms with van der Waals surface area (Å²) in [4.78, 5) is 34.3. The first kappa shape index (κ1) is 18.8. The maximum absolute atomic E-state index is 13.1. The van der Waals surface area contributed by atoms with Crippen molar-refractivity contribution in [2.75, 3.05) is 5.32 Å². The Balaban J connectivity index is 1.95. The summed E-state index contributed by atoms with van der Waals surface area (Å²) < 4.78 is 7.53. The Bertz CT molecular complexity index is 1370. The molecule has 0 aliphatic carbocycles. The molecule has 2 aromatic heterocycles. The van der Waals surface area contributed by atoms with Crippen LogP contribution >= 0.6 is 0 Å². The third-order valence-corrected chi connectivity index (χ3v) is 4.70. The van der Waals surface area contributed by atoms with Gasteiger partial charge in [0.2, 0.25) is 5.52 Å². The van der Waals surface area contributed by atoms with E-state index in [1.165, 1.54) is 4.68 Å². The molecule has 0 fully saturated rings. The molecule has 0 radical (unpaired) electrons. The van der Waals surface area contributed by atoms with E-state index in [1.807, 2.05) is 0 Å². The summed E-state index contributed by atoms with van der Waals surface area (Å²) >= 11 is 0. The number of fused-ring (bicyclic) bond motifs is 1. The Hall–Kier alpha value is -4.55. The molecule has 0 bridgehead atoms. The second kappa shape index (κ2) is 6.80. The van der Waals surface area contributed by atoms with E-state index in [0.29, 0.717) is 11.4 Å². The van der Waals surface area contributed by atoms with Crippen LogP contribution in [-0.4, -0.2) is 29.5 Å². The summed E-state index contributed by atoms with van der Waals surface area (Å²) in [5, 5.41) is 32.6. The highest BCUT2D eigenvalue weighted by Crippen LogP contribution is 2.39. The molecule has 0 saturated heterocycles. The topological polar surface area (TPSA) is 164 Å². The summed E-state index contributed by atoms with van der Waals surface area (Å²) in [6, 6.07) is 9.56. The maximum atomic E-state index is 13.1. The molecule has 0 aliphatic rings. The minimum atomic E-state index is -0.820. The molecular weight excluding hydrogens is 398 g/mol. The van der Waals surface area contributed by atoms with Gasteiger partial charge >= 0.3 is 11.4 Å². The number of non-ortho nitro benzene ring substituents is 1. The van der Waals surface area contributed by atoms with E-state index in [0.717, 1.165) is 6.07 Å². The number of hydrogen-bond acceptors (Lipinski definition) is 9. The lowest BCUT2D eigenvalue weighted by atomic mass is 10.2. The van der Waals surface area contributed by atoms with Gasteiger partial charge < -0.3 is 5.32 Å². The Labute approximate surface area is 166 Å². The van der Waals surface area contributed by atoms with Gasteiger partial charge in [-0.3, -0.25) is 29.7 Å². The van der Waals surface area contributed by atoms with Gasteiger partial charge in [-0.2, -0.15) is 0 Å². The van der Waals surface area contributed by atoms with Crippen molar-refractivity contribution in [1.82, 2.24) is 19.7 Å². The molecular formula is C17H13N7O6. The molecule has 13 heteroatoms. The van der Waals surface area contributed by atoms with Gasteiger partial charge in [-0.05, 0) is 29.4 Å². The number of nitro groups is 2. The van der Waals surface area contributed by atoms with Crippen LogP contribution in [0.5, 0.6) is 0 Å². The lowest BCUT2D eigenvalue weighted by Gasteiger charge is -2.07. The molecule has 0 amide bonds. The number of nitrogens with zero attached hydrogens (tertiary/aromatic N) is 6. The van der Waals surface area contributed by atoms with Gasteiger partial charge in [0.1, 0.15) is 5.69 Å². The number of nitro benzene ring substituents is 2. The number of nitrogens with one attached hydrogen (secondary N) is 1. The predicted octanol–water partition coefficient (Wildman–Crippen LogP) is 2.58. The fourth-order valence-electron chi connectivity index (χ4n) is 3.16. The van der Waals surface area contributed by atoms with E-state index < -0.39 is 26.8 Å². The van der Waals surface area contributed by atoms with Gasteiger partial charge in [0.25, 0.3) is 5.56 Å². The highest BCUT2D eigenvalue weighted by Gasteiger charge is 2.31. The number of anilines is 2. The van der Waals surface area contributed by atoms with Gasteiger partial charge in [0, 0.05) is 7.05 Å². The first-order chi connectivity index (χ1) is 14.3. The fourth-order valence-corrected chi connectivity index (χ4v) is 3.16. The van der Waals surface area contributed by atoms with Crippen LogP contribution in [0.4, 0.5) is 22.7 Å². The van der Waals surface area contributed by atoms with Crippen LogP contribution in [0.25, 0.3) is 16.7 Å². The molecule has 13 nitrogen and oxygen atoms in total. The zero-order valence-corrected chi connectivity index (χ0v) is 15.6. The first-order valence-corrected chi connectivity index (χ1v) is 8.50. The van der Waals surface area contributed by atoms with Crippen molar-refractivity contribution >= 4 is 33.8 Å². The van der Waals surface area contributed by atoms with Crippen LogP contribution in [0, 0.1) is 27.2 Å². The third kappa shape index (κ3) is 2.76. The zero-order valence-electron chi connectivity index (χ0n) is 15.6. The van der Waals surface area contributed by atoms with Crippen molar-refractivity contribution in [3.05, 3.63) is 72.7 Å². The molecule has 4 rings (SSSR count). The summed E-state index contributed by atoms with van der Waals surface area (Å²) in [5.74, 6) is 0. The van der Waals surface area contributed by atoms with E-state index >= 15 is 0 Å². The molecule has 0 unspecified atom stereocenters. The molecule has 0 atom stereocenters. The highest BCUT2D eigenvalue weighted by atomic mass is 16.6. The van der Waals surface area contributed by atoms with Crippen LogP contribution in [-0.2, 0) is 7.05 Å². The van der Waals surface area contributed by atoms with E-state index in [1.54, 1.807) is 49.0 Å². The first-order valence-electron chi connectivity index (χ1n) is 8.50. The van der Waals surface area contributed by atoms with E-state index in [9.17, 15) is 25.0 Å². The van der Waals surface area contributed by atoms with Crippen molar-refractivity contribution in [2.45, 2.75) is 6.92 Å². The van der Waals surface area contributed by atoms with Gasteiger partial charge in [-0.1, -0.05) is 18.2 Å². The summed E-state index contributed by atoms with van der Waals surface area (Å²) in [7, 11) is 1.66. The largest absolute Gasteiger partial charge is 0.342 e. The van der Waals surface area contributed by atoms with Crippen LogP contribution in [0.1, 0.15) is 5.69 Å². The fraction of sp³-hybridized carbons (Fsp3) is 0.118. The number of para-hydroxylation sites is 1. The van der Waals surface area contributed by atoms with Crippen LogP contribution in [0.3, 0.4) is 0 Å². The van der Waals surface area contributed by atoms with Crippen LogP contribution < -0.4 is 10.9 Å². The SMILES string of the molecule is Cc1c(Nc2c([N+](=O)[O-])cc([N+](=O)[O-])c3nonc23)c(=O)n(-c2ccccc2)n1C. The van der Waals surface area contributed by atoms with Crippen molar-refractivity contribution < 1.29 is 14.5 Å². The smallest absolute Gasteiger partial charge is 0.307 e. The minimum absolute atomic E-state index is 0.0441. The summed E-state index contributed by atoms with van der Waals surface area (Å²) in [6.45, 7) is 1.65. The third-order valence-electron chi connectivity index (χ3n) is 4.70.